The van der Waals surface area contributed by atoms with Gasteiger partial charge in [-0.1, -0.05) is 31.2 Å². The monoisotopic (exact) mass is 303 g/mol. The molecule has 2 nitrogen and oxygen atoms in total. The van der Waals surface area contributed by atoms with Crippen molar-refractivity contribution >= 4 is 36.5 Å². The average Bonchev–Trinajstić information content (AvgIpc) is 2.64. The third-order valence-electron chi connectivity index (χ3n) is 2.89. The van der Waals surface area contributed by atoms with E-state index < -0.39 is 8.07 Å². The van der Waals surface area contributed by atoms with Crippen LogP contribution >= 0.6 is 11.6 Å². The van der Waals surface area contributed by atoms with Gasteiger partial charge >= 0.3 is 0 Å². The molecule has 1 aromatic carbocycles. The average molecular weight is 304 g/mol. The number of halogens is 1. The van der Waals surface area contributed by atoms with E-state index in [1.54, 1.807) is 17.6 Å². The van der Waals surface area contributed by atoms with Crippen LogP contribution in [0.25, 0.3) is 10.9 Å². The summed E-state index contributed by atoms with van der Waals surface area (Å²) in [7, 11) is -1.38. The minimum absolute atomic E-state index is 0.00660. The van der Waals surface area contributed by atoms with E-state index in [4.69, 9.17) is 11.6 Å². The lowest BCUT2D eigenvalue weighted by Gasteiger charge is -2.05. The van der Waals surface area contributed by atoms with E-state index in [0.29, 0.717) is 11.4 Å². The first kappa shape index (κ1) is 14.9. The molecule has 2 aromatic rings. The molecule has 0 aliphatic carbocycles. The quantitative estimate of drug-likeness (QED) is 0.566. The maximum Gasteiger partial charge on any atom is 0.228 e. The van der Waals surface area contributed by atoms with Crippen molar-refractivity contribution in [2.45, 2.75) is 33.0 Å². The Labute approximate surface area is 125 Å². The highest BCUT2D eigenvalue weighted by molar-refractivity contribution is 6.83. The largest absolute Gasteiger partial charge is 0.283 e. The predicted octanol–water partition coefficient (Wildman–Crippen LogP) is 4.38. The van der Waals surface area contributed by atoms with Gasteiger partial charge in [-0.15, -0.1) is 11.5 Å². The summed E-state index contributed by atoms with van der Waals surface area (Å²) in [6.07, 6.45) is 0.593. The third-order valence-corrected chi connectivity index (χ3v) is 4.05. The molecule has 4 heteroatoms. The number of fused-ring (bicyclic) bond motifs is 1. The number of benzene rings is 1. The summed E-state index contributed by atoms with van der Waals surface area (Å²) in [4.78, 5) is 11.9. The predicted molar refractivity (Wildman–Crippen MR) is 88.1 cm³/mol. The molecule has 0 fully saturated rings. The number of carbonyl (C=O) groups excluding carboxylic acids is 1. The smallest absolute Gasteiger partial charge is 0.228 e. The van der Waals surface area contributed by atoms with E-state index >= 15 is 0 Å². The van der Waals surface area contributed by atoms with Crippen LogP contribution in [0.1, 0.15) is 17.4 Å². The molecule has 20 heavy (non-hydrogen) atoms. The Morgan fingerprint density at radius 1 is 1.30 bits per heavy atom. The van der Waals surface area contributed by atoms with Crippen LogP contribution in [0.3, 0.4) is 0 Å². The number of rotatable bonds is 1. The summed E-state index contributed by atoms with van der Waals surface area (Å²) in [6, 6.07) is 7.57. The first-order chi connectivity index (χ1) is 9.28. The van der Waals surface area contributed by atoms with Gasteiger partial charge in [-0.25, -0.2) is 0 Å². The Kier molecular flexibility index (Phi) is 4.08. The Balaban J connectivity index is 2.49. The van der Waals surface area contributed by atoms with Gasteiger partial charge in [0, 0.05) is 29.4 Å². The lowest BCUT2D eigenvalue weighted by Crippen LogP contribution is -2.16. The van der Waals surface area contributed by atoms with Gasteiger partial charge in [0.25, 0.3) is 0 Å². The molecule has 0 saturated carbocycles. The molecule has 0 unspecified atom stereocenters. The SMILES string of the molecule is CC(=O)n1c(CC#C[Si](C)(C)C)cc2cc(Cl)ccc21. The number of hydrogen-bond acceptors (Lipinski definition) is 1. The number of hydrogen-bond donors (Lipinski definition) is 0. The Hall–Kier alpha value is -1.50. The molecular weight excluding hydrogens is 286 g/mol. The van der Waals surface area contributed by atoms with Crippen molar-refractivity contribution < 1.29 is 4.79 Å². The maximum absolute atomic E-state index is 11.9. The van der Waals surface area contributed by atoms with Gasteiger partial charge in [0.2, 0.25) is 5.91 Å². The molecule has 2 rings (SSSR count). The highest BCUT2D eigenvalue weighted by Crippen LogP contribution is 2.23. The summed E-state index contributed by atoms with van der Waals surface area (Å²) in [5.41, 5.74) is 5.16. The molecular formula is C16H18ClNOSi. The van der Waals surface area contributed by atoms with Crippen molar-refractivity contribution in [2.75, 3.05) is 0 Å². The number of nitrogens with zero attached hydrogens (tertiary/aromatic N) is 1. The minimum atomic E-state index is -1.38. The lowest BCUT2D eigenvalue weighted by molar-refractivity contribution is 0.0939. The van der Waals surface area contributed by atoms with Crippen LogP contribution in [0, 0.1) is 11.5 Å². The van der Waals surface area contributed by atoms with Crippen molar-refractivity contribution in [3.8, 4) is 11.5 Å². The summed E-state index contributed by atoms with van der Waals surface area (Å²) in [5.74, 6) is 3.22. The van der Waals surface area contributed by atoms with Gasteiger partial charge in [-0.2, -0.15) is 0 Å². The van der Waals surface area contributed by atoms with Gasteiger partial charge < -0.3 is 0 Å². The van der Waals surface area contributed by atoms with E-state index in [0.717, 1.165) is 16.6 Å². The molecule has 0 bridgehead atoms. The minimum Gasteiger partial charge on any atom is -0.283 e. The van der Waals surface area contributed by atoms with Crippen LogP contribution in [0.2, 0.25) is 24.7 Å². The van der Waals surface area contributed by atoms with Crippen molar-refractivity contribution in [1.29, 1.82) is 0 Å². The molecule has 0 aliphatic rings. The molecule has 0 aliphatic heterocycles. The van der Waals surface area contributed by atoms with Crippen LogP contribution in [0.4, 0.5) is 0 Å². The molecule has 0 N–H and O–H groups in total. The molecule has 0 amide bonds. The molecule has 0 saturated heterocycles. The molecule has 0 spiro atoms. The fourth-order valence-corrected chi connectivity index (χ4v) is 2.94. The second-order valence-corrected chi connectivity index (χ2v) is 11.1. The summed E-state index contributed by atoms with van der Waals surface area (Å²) < 4.78 is 1.73. The van der Waals surface area contributed by atoms with E-state index in [-0.39, 0.29) is 5.91 Å². The number of aromatic nitrogens is 1. The van der Waals surface area contributed by atoms with Gasteiger partial charge in [-0.05, 0) is 24.3 Å². The van der Waals surface area contributed by atoms with Gasteiger partial charge in [0.15, 0.2) is 0 Å². The summed E-state index contributed by atoms with van der Waals surface area (Å²) in [5, 5.41) is 1.66. The Morgan fingerprint density at radius 2 is 2.00 bits per heavy atom. The van der Waals surface area contributed by atoms with Crippen molar-refractivity contribution in [3.63, 3.8) is 0 Å². The molecule has 1 aromatic heterocycles. The summed E-state index contributed by atoms with van der Waals surface area (Å²) >= 11 is 6.01. The first-order valence-electron chi connectivity index (χ1n) is 6.59. The van der Waals surface area contributed by atoms with Crippen LogP contribution in [-0.2, 0) is 6.42 Å². The van der Waals surface area contributed by atoms with Crippen molar-refractivity contribution in [1.82, 2.24) is 4.57 Å². The van der Waals surface area contributed by atoms with Crippen LogP contribution in [0.5, 0.6) is 0 Å². The van der Waals surface area contributed by atoms with Crippen molar-refractivity contribution in [2.24, 2.45) is 0 Å². The van der Waals surface area contributed by atoms with E-state index in [2.05, 4.69) is 31.1 Å². The fourth-order valence-electron chi connectivity index (χ4n) is 2.15. The first-order valence-corrected chi connectivity index (χ1v) is 10.5. The van der Waals surface area contributed by atoms with Crippen LogP contribution < -0.4 is 0 Å². The van der Waals surface area contributed by atoms with E-state index in [9.17, 15) is 4.79 Å². The molecule has 104 valence electrons. The zero-order valence-electron chi connectivity index (χ0n) is 12.2. The van der Waals surface area contributed by atoms with Crippen molar-refractivity contribution in [3.05, 3.63) is 35.0 Å². The third kappa shape index (κ3) is 3.33. The second-order valence-electron chi connectivity index (χ2n) is 5.92. The van der Waals surface area contributed by atoms with E-state index in [1.165, 1.54) is 0 Å². The highest BCUT2D eigenvalue weighted by Gasteiger charge is 2.12. The highest BCUT2D eigenvalue weighted by atomic mass is 35.5. The number of carbonyl (C=O) groups is 1. The molecule has 0 radical (unpaired) electrons. The lowest BCUT2D eigenvalue weighted by atomic mass is 10.2. The zero-order valence-corrected chi connectivity index (χ0v) is 14.0. The molecule has 1 heterocycles. The van der Waals surface area contributed by atoms with Gasteiger partial charge in [0.1, 0.15) is 8.07 Å². The standard InChI is InChI=1S/C16H18ClNOSi/c1-12(19)18-15(6-5-9-20(2,3)4)11-13-10-14(17)7-8-16(13)18/h7-8,10-11H,6H2,1-4H3. The topological polar surface area (TPSA) is 22.0 Å². The van der Waals surface area contributed by atoms with Gasteiger partial charge in [-0.3, -0.25) is 9.36 Å². The van der Waals surface area contributed by atoms with Crippen LogP contribution in [0.15, 0.2) is 24.3 Å². The maximum atomic E-state index is 11.9. The van der Waals surface area contributed by atoms with Crippen LogP contribution in [-0.4, -0.2) is 18.5 Å². The Bertz CT molecular complexity index is 728. The van der Waals surface area contributed by atoms with E-state index in [1.807, 2.05) is 18.2 Å². The summed E-state index contributed by atoms with van der Waals surface area (Å²) in [6.45, 7) is 8.20. The molecule has 0 atom stereocenters. The zero-order chi connectivity index (χ0) is 14.9. The second kappa shape index (κ2) is 5.47. The fraction of sp³-hybridized carbons (Fsp3) is 0.312. The van der Waals surface area contributed by atoms with Gasteiger partial charge in [0.05, 0.1) is 5.52 Å². The Morgan fingerprint density at radius 3 is 2.60 bits per heavy atom. The normalized spacial score (nSPS) is 11.2.